The van der Waals surface area contributed by atoms with E-state index in [1.807, 2.05) is 42.5 Å². The molecule has 106 valence electrons. The first-order valence-corrected chi connectivity index (χ1v) is 7.46. The second-order valence-electron chi connectivity index (χ2n) is 4.57. The van der Waals surface area contributed by atoms with Gasteiger partial charge >= 0.3 is 0 Å². The van der Waals surface area contributed by atoms with Crippen molar-refractivity contribution < 1.29 is 9.53 Å². The predicted octanol–water partition coefficient (Wildman–Crippen LogP) is 2.97. The molecule has 0 spiro atoms. The molecule has 5 heteroatoms. The molecule has 1 aromatic heterocycles. The molecule has 1 heterocycles. The van der Waals surface area contributed by atoms with Gasteiger partial charge in [-0.05, 0) is 12.1 Å². The number of para-hydroxylation sites is 2. The fraction of sp³-hybridized carbons (Fsp3) is 0.125. The molecule has 0 aliphatic rings. The summed E-state index contributed by atoms with van der Waals surface area (Å²) in [6.45, 7) is 0. The Kier molecular flexibility index (Phi) is 3.66. The molecule has 0 aliphatic carbocycles. The van der Waals surface area contributed by atoms with E-state index in [0.717, 1.165) is 32.5 Å². The van der Waals surface area contributed by atoms with Gasteiger partial charge in [-0.3, -0.25) is 4.79 Å². The number of methoxy groups -OCH3 is 1. The van der Waals surface area contributed by atoms with Crippen LogP contribution in [0, 0.1) is 0 Å². The lowest BCUT2D eigenvalue weighted by Crippen LogP contribution is -2.13. The smallest absolute Gasteiger partial charge is 0.227 e. The molecule has 3 rings (SSSR count). The summed E-state index contributed by atoms with van der Waals surface area (Å²) in [7, 11) is 1.63. The van der Waals surface area contributed by atoms with Crippen LogP contribution in [0.4, 0.5) is 0 Å². The Morgan fingerprint density at radius 1 is 1.19 bits per heavy atom. The zero-order valence-electron chi connectivity index (χ0n) is 11.5. The molecule has 0 saturated heterocycles. The fourth-order valence-corrected chi connectivity index (χ4v) is 3.25. The van der Waals surface area contributed by atoms with E-state index in [1.54, 1.807) is 7.11 Å². The third-order valence-corrected chi connectivity index (χ3v) is 4.36. The summed E-state index contributed by atoms with van der Waals surface area (Å²) in [5.41, 5.74) is 6.96. The number of primary amides is 1. The number of thioether (sulfide) groups is 1. The van der Waals surface area contributed by atoms with Gasteiger partial charge in [-0.1, -0.05) is 30.3 Å². The number of rotatable bonds is 4. The molecule has 0 fully saturated rings. The number of fused-ring (bicyclic) bond motifs is 2. The molecule has 0 bridgehead atoms. The highest BCUT2D eigenvalue weighted by Crippen LogP contribution is 2.36. The average molecular weight is 298 g/mol. The predicted molar refractivity (Wildman–Crippen MR) is 85.7 cm³/mol. The minimum Gasteiger partial charge on any atom is -0.494 e. The van der Waals surface area contributed by atoms with E-state index in [0.29, 0.717) is 0 Å². The minimum absolute atomic E-state index is 0.236. The first-order valence-electron chi connectivity index (χ1n) is 6.47. The van der Waals surface area contributed by atoms with Gasteiger partial charge in [0.05, 0.1) is 18.4 Å². The van der Waals surface area contributed by atoms with E-state index >= 15 is 0 Å². The Balaban J connectivity index is 2.33. The van der Waals surface area contributed by atoms with Crippen LogP contribution in [-0.2, 0) is 4.79 Å². The molecule has 2 N–H and O–H groups in total. The molecule has 1 amide bonds. The minimum atomic E-state index is -0.336. The molecule has 0 saturated carbocycles. The van der Waals surface area contributed by atoms with Crippen molar-refractivity contribution in [1.29, 1.82) is 0 Å². The number of carbonyl (C=O) groups excluding carboxylic acids is 1. The monoisotopic (exact) mass is 298 g/mol. The zero-order valence-corrected chi connectivity index (χ0v) is 12.3. The molecule has 0 aliphatic heterocycles. The van der Waals surface area contributed by atoms with E-state index in [9.17, 15) is 4.79 Å². The molecule has 21 heavy (non-hydrogen) atoms. The lowest BCUT2D eigenvalue weighted by atomic mass is 10.1. The number of pyridine rings is 1. The maximum absolute atomic E-state index is 11.1. The first kappa shape index (κ1) is 13.7. The molecular formula is C16H14N2O2S. The van der Waals surface area contributed by atoms with Crippen molar-refractivity contribution in [3.05, 3.63) is 42.5 Å². The van der Waals surface area contributed by atoms with Crippen LogP contribution >= 0.6 is 11.8 Å². The first-order chi connectivity index (χ1) is 10.2. The number of benzene rings is 2. The molecule has 0 unspecified atom stereocenters. The maximum Gasteiger partial charge on any atom is 0.227 e. The van der Waals surface area contributed by atoms with Gasteiger partial charge in [0, 0.05) is 15.7 Å². The van der Waals surface area contributed by atoms with Gasteiger partial charge < -0.3 is 10.5 Å². The number of aromatic nitrogens is 1. The average Bonchev–Trinajstić information content (AvgIpc) is 2.50. The highest BCUT2D eigenvalue weighted by Gasteiger charge is 2.13. The Bertz CT molecular complexity index is 833. The van der Waals surface area contributed by atoms with Gasteiger partial charge in [-0.2, -0.15) is 0 Å². The zero-order chi connectivity index (χ0) is 14.8. The Morgan fingerprint density at radius 2 is 1.95 bits per heavy atom. The highest BCUT2D eigenvalue weighted by atomic mass is 32.2. The van der Waals surface area contributed by atoms with Crippen LogP contribution in [0.25, 0.3) is 21.8 Å². The number of hydrogen-bond acceptors (Lipinski definition) is 4. The quantitative estimate of drug-likeness (QED) is 0.594. The number of nitrogens with two attached hydrogens (primary N) is 1. The van der Waals surface area contributed by atoms with Crippen molar-refractivity contribution in [2.45, 2.75) is 4.90 Å². The van der Waals surface area contributed by atoms with Gasteiger partial charge in [0.25, 0.3) is 0 Å². The van der Waals surface area contributed by atoms with E-state index in [2.05, 4.69) is 4.98 Å². The van der Waals surface area contributed by atoms with Crippen molar-refractivity contribution in [3.63, 3.8) is 0 Å². The second kappa shape index (κ2) is 5.61. The lowest BCUT2D eigenvalue weighted by Gasteiger charge is -2.11. The fourth-order valence-electron chi connectivity index (χ4n) is 2.31. The van der Waals surface area contributed by atoms with Crippen LogP contribution in [0.3, 0.4) is 0 Å². The van der Waals surface area contributed by atoms with Gasteiger partial charge in [0.15, 0.2) is 0 Å². The van der Waals surface area contributed by atoms with Crippen LogP contribution in [0.2, 0.25) is 0 Å². The van der Waals surface area contributed by atoms with Crippen LogP contribution < -0.4 is 10.5 Å². The van der Waals surface area contributed by atoms with E-state index in [1.165, 1.54) is 11.8 Å². The summed E-state index contributed by atoms with van der Waals surface area (Å²) >= 11 is 1.44. The summed E-state index contributed by atoms with van der Waals surface area (Å²) in [6, 6.07) is 13.7. The van der Waals surface area contributed by atoms with Gasteiger partial charge in [-0.15, -0.1) is 11.8 Å². The number of carbonyl (C=O) groups is 1. The molecule has 4 nitrogen and oxygen atoms in total. The van der Waals surface area contributed by atoms with Gasteiger partial charge in [0.1, 0.15) is 11.3 Å². The number of nitrogens with zero attached hydrogens (tertiary/aromatic N) is 1. The lowest BCUT2D eigenvalue weighted by molar-refractivity contribution is -0.115. The largest absolute Gasteiger partial charge is 0.494 e. The molecule has 0 radical (unpaired) electrons. The van der Waals surface area contributed by atoms with Gasteiger partial charge in [-0.25, -0.2) is 4.98 Å². The van der Waals surface area contributed by atoms with Crippen LogP contribution in [0.5, 0.6) is 5.75 Å². The molecule has 3 aromatic rings. The van der Waals surface area contributed by atoms with E-state index in [-0.39, 0.29) is 11.7 Å². The van der Waals surface area contributed by atoms with Crippen LogP contribution in [0.15, 0.2) is 47.4 Å². The summed E-state index contributed by atoms with van der Waals surface area (Å²) in [5.74, 6) is 0.622. The van der Waals surface area contributed by atoms with Crippen molar-refractivity contribution in [2.24, 2.45) is 5.73 Å². The number of amides is 1. The number of hydrogen-bond donors (Lipinski definition) is 1. The summed E-state index contributed by atoms with van der Waals surface area (Å²) < 4.78 is 5.39. The SMILES string of the molecule is COc1cccc2c(SCC(N)=O)c3ccccc3nc12. The molecule has 2 aromatic carbocycles. The summed E-state index contributed by atoms with van der Waals surface area (Å²) in [6.07, 6.45) is 0. The number of ether oxygens (including phenoxy) is 1. The van der Waals surface area contributed by atoms with E-state index in [4.69, 9.17) is 10.5 Å². The Morgan fingerprint density at radius 3 is 2.71 bits per heavy atom. The topological polar surface area (TPSA) is 65.2 Å². The van der Waals surface area contributed by atoms with Crippen LogP contribution in [0.1, 0.15) is 0 Å². The standard InChI is InChI=1S/C16H14N2O2S/c1-20-13-8-4-6-11-15(13)18-12-7-3-2-5-10(12)16(11)21-9-14(17)19/h2-8H,9H2,1H3,(H2,17,19). The molecular weight excluding hydrogens is 284 g/mol. The summed E-state index contributed by atoms with van der Waals surface area (Å²) in [4.78, 5) is 16.8. The third kappa shape index (κ3) is 2.52. The normalized spacial score (nSPS) is 10.9. The van der Waals surface area contributed by atoms with E-state index < -0.39 is 0 Å². The third-order valence-electron chi connectivity index (χ3n) is 3.20. The maximum atomic E-state index is 11.1. The Hall–Kier alpha value is -2.27. The van der Waals surface area contributed by atoms with Crippen LogP contribution in [-0.4, -0.2) is 23.8 Å². The Labute approximate surface area is 126 Å². The van der Waals surface area contributed by atoms with Crippen molar-refractivity contribution in [1.82, 2.24) is 4.98 Å². The summed E-state index contributed by atoms with van der Waals surface area (Å²) in [5, 5.41) is 1.99. The second-order valence-corrected chi connectivity index (χ2v) is 5.56. The van der Waals surface area contributed by atoms with Gasteiger partial charge in [0.2, 0.25) is 5.91 Å². The van der Waals surface area contributed by atoms with Crippen molar-refractivity contribution in [2.75, 3.05) is 12.9 Å². The molecule has 0 atom stereocenters. The van der Waals surface area contributed by atoms with Crippen molar-refractivity contribution >= 4 is 39.5 Å². The highest BCUT2D eigenvalue weighted by molar-refractivity contribution is 8.00. The van der Waals surface area contributed by atoms with Crippen molar-refractivity contribution in [3.8, 4) is 5.75 Å².